The van der Waals surface area contributed by atoms with Crippen LogP contribution in [-0.2, 0) is 16.0 Å². The summed E-state index contributed by atoms with van der Waals surface area (Å²) in [5.74, 6) is -2.09. The van der Waals surface area contributed by atoms with Crippen molar-refractivity contribution in [1.29, 1.82) is 5.41 Å². The standard InChI is InChI=1S/C24H31N7O4/c1-15-10-11-18(16(2)13-15)30-31-24(35)29-20(14-17-7-4-3-5-8-17)21(32)28-19(22(33)34)9-6-12-27-23(25)26/h3-5,7-8,10-11,13,19-20H,6,9,12,14H2,1-2H3,(H,28,32)(H,29,35)(H,33,34)(H4,25,26,27)/b31-30+. The molecule has 0 heterocycles. The van der Waals surface area contributed by atoms with Gasteiger partial charge < -0.3 is 26.8 Å². The number of amides is 3. The van der Waals surface area contributed by atoms with E-state index in [-0.39, 0.29) is 25.3 Å². The van der Waals surface area contributed by atoms with Crippen LogP contribution in [0, 0.1) is 19.3 Å². The molecule has 0 aliphatic rings. The van der Waals surface area contributed by atoms with Gasteiger partial charge in [0.1, 0.15) is 12.1 Å². The third kappa shape index (κ3) is 9.62. The highest BCUT2D eigenvalue weighted by Crippen LogP contribution is 2.19. The Morgan fingerprint density at radius 1 is 1.06 bits per heavy atom. The molecule has 186 valence electrons. The van der Waals surface area contributed by atoms with Crippen molar-refractivity contribution in [2.75, 3.05) is 6.54 Å². The number of carbonyl (C=O) groups is 3. The predicted molar refractivity (Wildman–Crippen MR) is 132 cm³/mol. The van der Waals surface area contributed by atoms with Gasteiger partial charge in [0.2, 0.25) is 5.91 Å². The maximum atomic E-state index is 13.0. The van der Waals surface area contributed by atoms with Crippen LogP contribution >= 0.6 is 0 Å². The van der Waals surface area contributed by atoms with Crippen LogP contribution < -0.4 is 21.7 Å². The van der Waals surface area contributed by atoms with E-state index in [9.17, 15) is 19.5 Å². The fraction of sp³-hybridized carbons (Fsp3) is 0.333. The molecule has 2 rings (SSSR count). The lowest BCUT2D eigenvalue weighted by atomic mass is 10.0. The molecule has 0 aromatic heterocycles. The number of hydrogen-bond acceptors (Lipinski definition) is 5. The lowest BCUT2D eigenvalue weighted by Gasteiger charge is -2.21. The Hall–Kier alpha value is -4.28. The summed E-state index contributed by atoms with van der Waals surface area (Å²) in [6.45, 7) is 4.08. The van der Waals surface area contributed by atoms with E-state index in [0.29, 0.717) is 12.1 Å². The lowest BCUT2D eigenvalue weighted by Crippen LogP contribution is -2.52. The number of nitrogens with zero attached hydrogens (tertiary/aromatic N) is 2. The number of carboxylic acid groups (broad SMARTS) is 1. The molecule has 0 aliphatic carbocycles. The summed E-state index contributed by atoms with van der Waals surface area (Å²) in [5.41, 5.74) is 8.42. The van der Waals surface area contributed by atoms with Crippen molar-refractivity contribution < 1.29 is 19.5 Å². The van der Waals surface area contributed by atoms with Crippen molar-refractivity contribution in [2.45, 2.75) is 45.2 Å². The third-order valence-electron chi connectivity index (χ3n) is 5.10. The molecule has 0 bridgehead atoms. The molecule has 0 spiro atoms. The quantitative estimate of drug-likeness (QED) is 0.124. The first kappa shape index (κ1) is 27.0. The highest BCUT2D eigenvalue weighted by atomic mass is 16.4. The maximum absolute atomic E-state index is 13.0. The second-order valence-electron chi connectivity index (χ2n) is 8.06. The van der Waals surface area contributed by atoms with Gasteiger partial charge in [-0.2, -0.15) is 0 Å². The van der Waals surface area contributed by atoms with Gasteiger partial charge in [-0.15, -0.1) is 5.11 Å². The Kier molecular flexibility index (Phi) is 10.3. The number of hydrogen-bond donors (Lipinski definition) is 6. The van der Waals surface area contributed by atoms with E-state index in [2.05, 4.69) is 26.2 Å². The minimum atomic E-state index is -1.21. The average molecular weight is 482 g/mol. The molecule has 0 aliphatic heterocycles. The van der Waals surface area contributed by atoms with Gasteiger partial charge in [-0.25, -0.2) is 9.59 Å². The number of benzene rings is 2. The zero-order chi connectivity index (χ0) is 25.8. The summed E-state index contributed by atoms with van der Waals surface area (Å²) in [4.78, 5) is 37.1. The average Bonchev–Trinajstić information content (AvgIpc) is 2.80. The molecule has 0 saturated heterocycles. The Morgan fingerprint density at radius 3 is 2.40 bits per heavy atom. The number of nitrogens with two attached hydrogens (primary N) is 1. The normalized spacial score (nSPS) is 12.5. The van der Waals surface area contributed by atoms with Crippen molar-refractivity contribution in [3.63, 3.8) is 0 Å². The van der Waals surface area contributed by atoms with Crippen LogP contribution in [0.2, 0.25) is 0 Å². The number of guanidine groups is 1. The number of carboxylic acids is 1. The predicted octanol–water partition coefficient (Wildman–Crippen LogP) is 2.54. The third-order valence-corrected chi connectivity index (χ3v) is 5.10. The molecule has 0 saturated carbocycles. The van der Waals surface area contributed by atoms with Crippen molar-refractivity contribution in [2.24, 2.45) is 16.0 Å². The van der Waals surface area contributed by atoms with Crippen LogP contribution in [0.1, 0.15) is 29.5 Å². The lowest BCUT2D eigenvalue weighted by molar-refractivity contribution is -0.142. The topological polar surface area (TPSA) is 182 Å². The number of rotatable bonds is 11. The number of carbonyl (C=O) groups excluding carboxylic acids is 2. The molecule has 0 radical (unpaired) electrons. The van der Waals surface area contributed by atoms with Crippen LogP contribution in [0.3, 0.4) is 0 Å². The van der Waals surface area contributed by atoms with E-state index in [1.54, 1.807) is 30.3 Å². The van der Waals surface area contributed by atoms with E-state index >= 15 is 0 Å². The molecule has 0 fully saturated rings. The van der Waals surface area contributed by atoms with Crippen molar-refractivity contribution >= 4 is 29.6 Å². The first-order valence-electron chi connectivity index (χ1n) is 11.1. The van der Waals surface area contributed by atoms with Crippen LogP contribution in [0.5, 0.6) is 0 Å². The maximum Gasteiger partial charge on any atom is 0.360 e. The fourth-order valence-corrected chi connectivity index (χ4v) is 3.31. The first-order chi connectivity index (χ1) is 16.7. The van der Waals surface area contributed by atoms with Gasteiger partial charge in [0.25, 0.3) is 0 Å². The molecule has 7 N–H and O–H groups in total. The summed E-state index contributed by atoms with van der Waals surface area (Å²) in [5, 5.41) is 31.9. The second-order valence-corrected chi connectivity index (χ2v) is 8.06. The van der Waals surface area contributed by atoms with E-state index in [0.717, 1.165) is 16.7 Å². The zero-order valence-electron chi connectivity index (χ0n) is 19.7. The van der Waals surface area contributed by atoms with Crippen LogP contribution in [0.15, 0.2) is 58.8 Å². The molecule has 2 atom stereocenters. The number of azo groups is 1. The van der Waals surface area contributed by atoms with Gasteiger partial charge in [0, 0.05) is 13.0 Å². The van der Waals surface area contributed by atoms with E-state index < -0.39 is 30.0 Å². The minimum Gasteiger partial charge on any atom is -0.480 e. The van der Waals surface area contributed by atoms with Gasteiger partial charge >= 0.3 is 12.0 Å². The largest absolute Gasteiger partial charge is 0.480 e. The molecule has 3 amide bonds. The van der Waals surface area contributed by atoms with Crippen molar-refractivity contribution in [3.05, 3.63) is 65.2 Å². The number of nitrogens with one attached hydrogen (secondary N) is 4. The molecule has 11 nitrogen and oxygen atoms in total. The van der Waals surface area contributed by atoms with Gasteiger partial charge in [-0.3, -0.25) is 10.2 Å². The SMILES string of the molecule is Cc1ccc(/N=N/C(=O)NC(Cc2ccccc2)C(=O)NC(CCCNC(=N)N)C(=O)O)c(C)c1. The van der Waals surface area contributed by atoms with E-state index in [1.807, 2.05) is 32.0 Å². The summed E-state index contributed by atoms with van der Waals surface area (Å²) in [7, 11) is 0. The summed E-state index contributed by atoms with van der Waals surface area (Å²) in [6, 6.07) is 11.5. The smallest absolute Gasteiger partial charge is 0.360 e. The molecular weight excluding hydrogens is 450 g/mol. The summed E-state index contributed by atoms with van der Waals surface area (Å²) >= 11 is 0. The van der Waals surface area contributed by atoms with E-state index in [1.165, 1.54) is 0 Å². The summed E-state index contributed by atoms with van der Waals surface area (Å²) in [6.07, 6.45) is 0.603. The van der Waals surface area contributed by atoms with Gasteiger partial charge in [0.05, 0.1) is 5.69 Å². The highest BCUT2D eigenvalue weighted by molar-refractivity contribution is 5.90. The Bertz CT molecular complexity index is 1070. The fourth-order valence-electron chi connectivity index (χ4n) is 3.31. The van der Waals surface area contributed by atoms with Crippen LogP contribution in [0.25, 0.3) is 0 Å². The zero-order valence-corrected chi connectivity index (χ0v) is 19.7. The number of aliphatic carboxylic acids is 1. The van der Waals surface area contributed by atoms with Crippen molar-refractivity contribution in [1.82, 2.24) is 16.0 Å². The van der Waals surface area contributed by atoms with Crippen LogP contribution in [0.4, 0.5) is 10.5 Å². The number of urea groups is 1. The molecule has 2 aromatic rings. The number of aryl methyl sites for hydroxylation is 2. The molecular formula is C24H31N7O4. The monoisotopic (exact) mass is 481 g/mol. The minimum absolute atomic E-state index is 0.111. The van der Waals surface area contributed by atoms with Crippen LogP contribution in [-0.4, -0.2) is 47.6 Å². The van der Waals surface area contributed by atoms with Gasteiger partial charge in [-0.05, 0) is 43.9 Å². The molecule has 2 unspecified atom stereocenters. The van der Waals surface area contributed by atoms with Gasteiger partial charge in [-0.1, -0.05) is 53.1 Å². The molecule has 2 aromatic carbocycles. The molecule has 35 heavy (non-hydrogen) atoms. The Balaban J connectivity index is 2.10. The second kappa shape index (κ2) is 13.4. The first-order valence-corrected chi connectivity index (χ1v) is 11.1. The highest BCUT2D eigenvalue weighted by Gasteiger charge is 2.26. The van der Waals surface area contributed by atoms with Gasteiger partial charge in [0.15, 0.2) is 5.96 Å². The Labute approximate surface area is 203 Å². The Morgan fingerprint density at radius 2 is 1.77 bits per heavy atom. The molecule has 11 heteroatoms. The van der Waals surface area contributed by atoms with E-state index in [4.69, 9.17) is 11.1 Å². The van der Waals surface area contributed by atoms with Crippen molar-refractivity contribution in [3.8, 4) is 0 Å². The summed E-state index contributed by atoms with van der Waals surface area (Å²) < 4.78 is 0.